The first kappa shape index (κ1) is 88.5. The van der Waals surface area contributed by atoms with Crippen molar-refractivity contribution in [3.8, 4) is 0 Å². The van der Waals surface area contributed by atoms with E-state index < -0.39 is 258 Å². The van der Waals surface area contributed by atoms with Gasteiger partial charge in [0.25, 0.3) is 29.5 Å². The first-order chi connectivity index (χ1) is 52.4. The van der Waals surface area contributed by atoms with Gasteiger partial charge in [-0.2, -0.15) is 0 Å². The normalized spacial score (nSPS) is 41.0. The Morgan fingerprint density at radius 1 is 0.272 bits per heavy atom. The van der Waals surface area contributed by atoms with E-state index in [-0.39, 0.29) is 39.3 Å². The van der Waals surface area contributed by atoms with E-state index in [4.69, 9.17) is 124 Å². The van der Waals surface area contributed by atoms with Crippen LogP contribution in [-0.2, 0) is 147 Å². The van der Waals surface area contributed by atoms with E-state index in [1.807, 2.05) is 0 Å². The van der Waals surface area contributed by atoms with Crippen LogP contribution in [0.1, 0.15) is 180 Å². The van der Waals surface area contributed by atoms with Gasteiger partial charge in [0.2, 0.25) is 0 Å². The van der Waals surface area contributed by atoms with Crippen molar-refractivity contribution in [2.45, 2.75) is 402 Å². The number of nitrogens with zero attached hydrogens (tertiary/aromatic N) is 3. The van der Waals surface area contributed by atoms with Crippen molar-refractivity contribution in [1.29, 1.82) is 0 Å². The number of carbonyl (C=O) groups excluding carboxylic acids is 6. The van der Waals surface area contributed by atoms with E-state index in [0.29, 0.717) is 0 Å². The summed E-state index contributed by atoms with van der Waals surface area (Å²) in [6, 6.07) is 0. The molecule has 0 saturated carbocycles. The summed E-state index contributed by atoms with van der Waals surface area (Å²) < 4.78 is 158. The molecule has 0 aliphatic carbocycles. The van der Waals surface area contributed by atoms with Gasteiger partial charge in [0.05, 0.1) is 18.8 Å². The number of hydrogen-bond donors (Lipinski definition) is 5. The van der Waals surface area contributed by atoms with Crippen LogP contribution >= 0.6 is 0 Å². The number of nitrogens with one attached hydrogen (secondary N) is 5. The maximum atomic E-state index is 14.8. The topological polar surface area (TPSA) is 442 Å². The molecule has 646 valence electrons. The lowest BCUT2D eigenvalue weighted by atomic mass is 10.00. The summed E-state index contributed by atoms with van der Waals surface area (Å²) >= 11 is 0. The molecule has 0 aromatic heterocycles. The Kier molecular flexibility index (Phi) is 24.5. The number of rotatable bonds is 25. The Labute approximate surface area is 663 Å². The fourth-order valence-corrected chi connectivity index (χ4v) is 17.1. The molecule has 12 rings (SSSR count). The zero-order valence-electron chi connectivity index (χ0n) is 70.2. The highest BCUT2D eigenvalue weighted by atomic mass is 16.8. The van der Waals surface area contributed by atoms with Crippen LogP contribution in [0.4, 0.5) is 0 Å². The minimum atomic E-state index is -1.35. The van der Waals surface area contributed by atoms with Gasteiger partial charge in [-0.3, -0.25) is 24.0 Å². The summed E-state index contributed by atoms with van der Waals surface area (Å²) in [4.78, 5) is 89.4. The number of azide groups is 1. The molecule has 0 bridgehead atoms. The maximum absolute atomic E-state index is 14.8. The van der Waals surface area contributed by atoms with E-state index in [1.54, 1.807) is 180 Å². The zero-order valence-corrected chi connectivity index (χ0v) is 70.2. The Hall–Kier alpha value is -4.83. The van der Waals surface area contributed by atoms with Crippen molar-refractivity contribution >= 4 is 35.5 Å². The lowest BCUT2D eigenvalue weighted by Crippen LogP contribution is -2.55. The number of esters is 1. The molecule has 39 nitrogen and oxygen atoms in total. The second-order valence-electron chi connectivity index (χ2n) is 36.6. The molecule has 12 aliphatic rings. The third kappa shape index (κ3) is 20.3. The van der Waals surface area contributed by atoms with Gasteiger partial charge in [-0.1, -0.05) is 5.11 Å². The Balaban J connectivity index is 0.674. The first-order valence-electron chi connectivity index (χ1n) is 39.3. The molecule has 39 heteroatoms. The van der Waals surface area contributed by atoms with E-state index >= 15 is 0 Å². The molecule has 0 aromatic carbocycles. The summed E-state index contributed by atoms with van der Waals surface area (Å²) in [6.07, 6.45) is -25.7. The minimum Gasteiger partial charge on any atom is -0.461 e. The molecule has 12 aliphatic heterocycles. The molecule has 24 atom stereocenters. The van der Waals surface area contributed by atoms with E-state index in [0.717, 1.165) is 0 Å². The largest absolute Gasteiger partial charge is 0.461 e. The summed E-state index contributed by atoms with van der Waals surface area (Å²) in [5.74, 6) is -18.7. The van der Waals surface area contributed by atoms with Gasteiger partial charge in [-0.25, -0.2) is 4.79 Å². The summed E-state index contributed by atoms with van der Waals surface area (Å²) in [7, 11) is 0. The quantitative estimate of drug-likeness (QED) is 0.0379. The number of carbonyl (C=O) groups is 6. The van der Waals surface area contributed by atoms with Gasteiger partial charge >= 0.3 is 5.97 Å². The first-order valence-corrected chi connectivity index (χ1v) is 39.3. The molecule has 0 aromatic rings. The van der Waals surface area contributed by atoms with Crippen molar-refractivity contribution in [3.05, 3.63) is 10.4 Å². The molecule has 114 heavy (non-hydrogen) atoms. The number of hydrogen-bond acceptors (Lipinski definition) is 32. The van der Waals surface area contributed by atoms with Crippen LogP contribution in [0.5, 0.6) is 0 Å². The molecule has 0 spiro atoms. The second kappa shape index (κ2) is 31.6. The average molecular weight is 1630 g/mol. The van der Waals surface area contributed by atoms with Gasteiger partial charge in [-0.05, 0) is 186 Å². The van der Waals surface area contributed by atoms with Crippen molar-refractivity contribution in [2.75, 3.05) is 39.3 Å². The standard InChI is InChI=1S/C75H120N8O31/c1-33(2)90-63(89)57-51(108-75(25,26)114-57)44-38(95-68(11,12)101-44)31-81-61(87)55-49(106-73(21,22)112-55)42-36(93-66(7,8)99-42)29-79-59(85)53-47(104-71(17,18)110-53)40-34(91-64(3,4)97-40)27-77-58(84)52-46(103-70(15,16)109-52)41-35(92-65(5,6)98-41)28-78-60(86)54-48(105-72(19,20)111-54)43-37(94-67(9,10)100-43)30-80-62(88)56-50(107-74(23,24)113-56)45-39(32-82-83-76)96-69(13,14)102-45/h33-57H,27-32H2,1-26H3,(H,77,84)(H,78,86)(H,79,85)(H,80,88)(H,81,87)/t34-,35-,36-,37-,38-,39-,40+,41+,42+,43+,44+,45+,46+,47+,48+,49+,50+,51+,52-,53-,54-,55-,56-,57-/m1/s1. The summed E-state index contributed by atoms with van der Waals surface area (Å²) in [5, 5.41) is 18.5. The molecule has 5 amide bonds. The van der Waals surface area contributed by atoms with Crippen molar-refractivity contribution in [2.24, 2.45) is 5.11 Å². The van der Waals surface area contributed by atoms with Crippen molar-refractivity contribution in [3.63, 3.8) is 0 Å². The van der Waals surface area contributed by atoms with Crippen LogP contribution in [0.25, 0.3) is 10.4 Å². The van der Waals surface area contributed by atoms with Crippen molar-refractivity contribution in [1.82, 2.24) is 26.6 Å². The smallest absolute Gasteiger partial charge is 0.338 e. The average Bonchev–Trinajstić information content (AvgIpc) is 1.63. The minimum absolute atomic E-state index is 0.0882. The van der Waals surface area contributed by atoms with Crippen LogP contribution in [0.15, 0.2) is 5.11 Å². The maximum Gasteiger partial charge on any atom is 0.338 e. The molecule has 5 N–H and O–H groups in total. The van der Waals surface area contributed by atoms with Gasteiger partial charge < -0.3 is 145 Å². The summed E-state index contributed by atoms with van der Waals surface area (Å²) in [5.41, 5.74) is 9.12. The Morgan fingerprint density at radius 3 is 0.640 bits per heavy atom. The van der Waals surface area contributed by atoms with Crippen molar-refractivity contribution < 1.29 is 147 Å². The fraction of sp³-hybridized carbons (Fsp3) is 0.920. The van der Waals surface area contributed by atoms with Crippen LogP contribution in [-0.4, -0.2) is 297 Å². The highest BCUT2D eigenvalue weighted by molar-refractivity contribution is 5.84. The summed E-state index contributed by atoms with van der Waals surface area (Å²) in [6.45, 7) is 42.7. The molecule has 12 fully saturated rings. The fourth-order valence-electron chi connectivity index (χ4n) is 17.1. The van der Waals surface area contributed by atoms with E-state index in [1.165, 1.54) is 0 Å². The molecule has 0 unspecified atom stereocenters. The predicted molar refractivity (Wildman–Crippen MR) is 386 cm³/mol. The van der Waals surface area contributed by atoms with Crippen LogP contribution in [0.2, 0.25) is 0 Å². The van der Waals surface area contributed by atoms with Gasteiger partial charge in [0, 0.05) is 37.6 Å². The highest BCUT2D eigenvalue weighted by Crippen LogP contribution is 2.47. The second-order valence-corrected chi connectivity index (χ2v) is 36.6. The van der Waals surface area contributed by atoms with E-state index in [9.17, 15) is 28.8 Å². The zero-order chi connectivity index (χ0) is 83.8. The third-order valence-electron chi connectivity index (χ3n) is 20.6. The lowest BCUT2D eigenvalue weighted by Gasteiger charge is -2.28. The molecule has 12 saturated heterocycles. The predicted octanol–water partition coefficient (Wildman–Crippen LogP) is 3.07. The molecule has 0 radical (unpaired) electrons. The number of amides is 5. The van der Waals surface area contributed by atoms with Crippen LogP contribution in [0, 0.1) is 0 Å². The number of ether oxygens (including phenoxy) is 25. The third-order valence-corrected chi connectivity index (χ3v) is 20.6. The van der Waals surface area contributed by atoms with Gasteiger partial charge in [0.1, 0.15) is 104 Å². The van der Waals surface area contributed by atoms with E-state index in [2.05, 4.69) is 36.6 Å². The van der Waals surface area contributed by atoms with Crippen LogP contribution < -0.4 is 26.6 Å². The highest BCUT2D eigenvalue weighted by Gasteiger charge is 2.64. The Morgan fingerprint density at radius 2 is 0.439 bits per heavy atom. The molecular weight excluding hydrogens is 1510 g/mol. The van der Waals surface area contributed by atoms with Crippen LogP contribution in [0.3, 0.4) is 0 Å². The molecular formula is C75H120N8O31. The lowest BCUT2D eigenvalue weighted by molar-refractivity contribution is -0.177. The Bertz CT molecular complexity index is 3600. The monoisotopic (exact) mass is 1630 g/mol. The van der Waals surface area contributed by atoms with Gasteiger partial charge in [0.15, 0.2) is 106 Å². The van der Waals surface area contributed by atoms with Gasteiger partial charge in [-0.15, -0.1) is 0 Å². The molecule has 12 heterocycles. The SMILES string of the molecule is CC(C)OC(=O)[C@@H]1OC(C)(C)O[C@H]1[C@H]1OC(C)(C)O[C@@H]1CNC(=O)[C@@H]1OC(C)(C)O[C@H]1[C@H]1OC(C)(C)O[C@@H]1CNC(=O)[C@@H]1OC(C)(C)O[C@H]1[C@H]1OC(C)(C)O[C@@H]1CNC(=O)[C@@H]1OC(C)(C)O[C@H]1[C@H]1OC(C)(C)O[C@@H]1CNC(=O)[C@@H]1OC(C)(C)O[C@H]1[C@H]1OC(C)(C)O[C@@H]1CNC(=O)[C@@H]1OC(C)(C)O[C@H]1[C@H]1OC(C)(C)O[C@@H]1CN=[N+]=[N-].